The molecule has 3 heteroatoms. The average molecular weight is 223 g/mol. The molecule has 0 saturated carbocycles. The van der Waals surface area contributed by atoms with E-state index in [0.29, 0.717) is 12.6 Å². The summed E-state index contributed by atoms with van der Waals surface area (Å²) in [5.74, 6) is 0. The molecule has 0 spiro atoms. The predicted molar refractivity (Wildman–Crippen MR) is 64.1 cm³/mol. The van der Waals surface area contributed by atoms with E-state index in [2.05, 4.69) is 17.5 Å². The average Bonchev–Trinajstić information content (AvgIpc) is 2.81. The summed E-state index contributed by atoms with van der Waals surface area (Å²) in [6, 6.07) is 2.43. The Balaban J connectivity index is 1.78. The lowest BCUT2D eigenvalue weighted by Gasteiger charge is -2.19. The van der Waals surface area contributed by atoms with Crippen LogP contribution >= 0.6 is 11.3 Å². The van der Waals surface area contributed by atoms with Gasteiger partial charge in [0.05, 0.1) is 6.10 Å². The number of allylic oxidation sites excluding steroid dienone is 1. The van der Waals surface area contributed by atoms with E-state index < -0.39 is 0 Å². The maximum Gasteiger partial charge on any atom is 0.0922 e. The largest absolute Gasteiger partial charge is 0.387 e. The Labute approximate surface area is 94.6 Å². The van der Waals surface area contributed by atoms with Gasteiger partial charge in [-0.05, 0) is 41.7 Å². The molecular formula is C12H17NOS. The molecule has 82 valence electrons. The number of hydrogen-bond donors (Lipinski definition) is 2. The molecule has 0 saturated heterocycles. The van der Waals surface area contributed by atoms with Crippen molar-refractivity contribution in [3.05, 3.63) is 34.5 Å². The van der Waals surface area contributed by atoms with Gasteiger partial charge in [0.1, 0.15) is 0 Å². The summed E-state index contributed by atoms with van der Waals surface area (Å²) in [5.41, 5.74) is 1.02. The minimum absolute atomic E-state index is 0.369. The Bertz CT molecular complexity index is 307. The van der Waals surface area contributed by atoms with Crippen LogP contribution in [0.5, 0.6) is 0 Å². The summed E-state index contributed by atoms with van der Waals surface area (Å²) >= 11 is 1.63. The second kappa shape index (κ2) is 5.45. The molecule has 1 aromatic heterocycles. The third-order valence-corrected chi connectivity index (χ3v) is 3.46. The molecule has 2 unspecified atom stereocenters. The van der Waals surface area contributed by atoms with Crippen LogP contribution in [-0.2, 0) is 0 Å². The zero-order chi connectivity index (χ0) is 10.5. The fraction of sp³-hybridized carbons (Fsp3) is 0.500. The van der Waals surface area contributed by atoms with Gasteiger partial charge in [-0.1, -0.05) is 12.2 Å². The maximum absolute atomic E-state index is 9.86. The van der Waals surface area contributed by atoms with E-state index in [1.54, 1.807) is 11.3 Å². The van der Waals surface area contributed by atoms with Crippen LogP contribution in [0.15, 0.2) is 29.0 Å². The zero-order valence-electron chi connectivity index (χ0n) is 8.73. The summed E-state index contributed by atoms with van der Waals surface area (Å²) in [4.78, 5) is 0. The standard InChI is InChI=1S/C12H17NOS/c14-12(10-6-7-15-9-10)8-13-11-4-2-1-3-5-11/h2,4,6-7,9,11-14H,1,3,5,8H2. The highest BCUT2D eigenvalue weighted by molar-refractivity contribution is 7.07. The lowest BCUT2D eigenvalue weighted by Crippen LogP contribution is -2.32. The van der Waals surface area contributed by atoms with Crippen LogP contribution in [0, 0.1) is 0 Å². The minimum atomic E-state index is -0.369. The van der Waals surface area contributed by atoms with E-state index in [1.165, 1.54) is 19.3 Å². The van der Waals surface area contributed by atoms with Crippen molar-refractivity contribution in [2.45, 2.75) is 31.4 Å². The molecule has 1 aliphatic carbocycles. The van der Waals surface area contributed by atoms with Gasteiger partial charge in [-0.15, -0.1) is 0 Å². The Kier molecular flexibility index (Phi) is 3.94. The molecule has 1 aliphatic rings. The second-order valence-electron chi connectivity index (χ2n) is 3.95. The molecule has 0 fully saturated rings. The first-order valence-electron chi connectivity index (χ1n) is 5.46. The summed E-state index contributed by atoms with van der Waals surface area (Å²) in [5, 5.41) is 17.2. The fourth-order valence-corrected chi connectivity index (χ4v) is 2.53. The summed E-state index contributed by atoms with van der Waals surface area (Å²) in [6.45, 7) is 0.645. The van der Waals surface area contributed by atoms with Crippen LogP contribution in [-0.4, -0.2) is 17.7 Å². The Hall–Kier alpha value is -0.640. The molecule has 15 heavy (non-hydrogen) atoms. The number of aliphatic hydroxyl groups is 1. The summed E-state index contributed by atoms with van der Waals surface area (Å²) in [6.07, 6.45) is 7.70. The summed E-state index contributed by atoms with van der Waals surface area (Å²) in [7, 11) is 0. The van der Waals surface area contributed by atoms with Crippen LogP contribution in [0.3, 0.4) is 0 Å². The van der Waals surface area contributed by atoms with Crippen molar-refractivity contribution in [2.24, 2.45) is 0 Å². The topological polar surface area (TPSA) is 32.3 Å². The van der Waals surface area contributed by atoms with Crippen molar-refractivity contribution in [2.75, 3.05) is 6.54 Å². The number of thiophene rings is 1. The van der Waals surface area contributed by atoms with Gasteiger partial charge in [0.25, 0.3) is 0 Å². The molecule has 0 radical (unpaired) electrons. The molecule has 0 bridgehead atoms. The third-order valence-electron chi connectivity index (χ3n) is 2.76. The monoisotopic (exact) mass is 223 g/mol. The number of hydrogen-bond acceptors (Lipinski definition) is 3. The van der Waals surface area contributed by atoms with E-state index in [9.17, 15) is 5.11 Å². The predicted octanol–water partition coefficient (Wildman–Crippen LogP) is 2.48. The molecule has 0 amide bonds. The lowest BCUT2D eigenvalue weighted by molar-refractivity contribution is 0.171. The van der Waals surface area contributed by atoms with Gasteiger partial charge in [0.15, 0.2) is 0 Å². The van der Waals surface area contributed by atoms with Gasteiger partial charge in [-0.3, -0.25) is 0 Å². The van der Waals surface area contributed by atoms with Gasteiger partial charge in [0, 0.05) is 12.6 Å². The first-order valence-corrected chi connectivity index (χ1v) is 6.41. The van der Waals surface area contributed by atoms with E-state index >= 15 is 0 Å². The second-order valence-corrected chi connectivity index (χ2v) is 4.73. The first-order chi connectivity index (χ1) is 7.36. The van der Waals surface area contributed by atoms with Crippen LogP contribution in [0.1, 0.15) is 30.9 Å². The molecule has 0 aliphatic heterocycles. The van der Waals surface area contributed by atoms with Gasteiger partial charge in [-0.25, -0.2) is 0 Å². The Morgan fingerprint density at radius 2 is 2.53 bits per heavy atom. The fourth-order valence-electron chi connectivity index (χ4n) is 1.83. The van der Waals surface area contributed by atoms with Gasteiger partial charge >= 0.3 is 0 Å². The number of nitrogens with one attached hydrogen (secondary N) is 1. The van der Waals surface area contributed by atoms with Crippen LogP contribution in [0.4, 0.5) is 0 Å². The van der Waals surface area contributed by atoms with Crippen molar-refractivity contribution in [3.63, 3.8) is 0 Å². The lowest BCUT2D eigenvalue weighted by atomic mass is 10.0. The van der Waals surface area contributed by atoms with Crippen LogP contribution in [0.25, 0.3) is 0 Å². The SMILES string of the molecule is OC(CNC1C=CCCC1)c1ccsc1. The zero-order valence-corrected chi connectivity index (χ0v) is 9.54. The van der Waals surface area contributed by atoms with Crippen molar-refractivity contribution < 1.29 is 5.11 Å². The maximum atomic E-state index is 9.86. The van der Waals surface area contributed by atoms with E-state index in [-0.39, 0.29) is 6.10 Å². The van der Waals surface area contributed by atoms with Crippen molar-refractivity contribution in [3.8, 4) is 0 Å². The highest BCUT2D eigenvalue weighted by Crippen LogP contribution is 2.16. The Morgan fingerprint density at radius 3 is 3.20 bits per heavy atom. The van der Waals surface area contributed by atoms with Crippen molar-refractivity contribution in [1.82, 2.24) is 5.32 Å². The van der Waals surface area contributed by atoms with Gasteiger partial charge in [-0.2, -0.15) is 11.3 Å². The van der Waals surface area contributed by atoms with Gasteiger partial charge < -0.3 is 10.4 Å². The van der Waals surface area contributed by atoms with E-state index in [1.807, 2.05) is 16.8 Å². The van der Waals surface area contributed by atoms with E-state index in [0.717, 1.165) is 5.56 Å². The van der Waals surface area contributed by atoms with Gasteiger partial charge in [0.2, 0.25) is 0 Å². The third kappa shape index (κ3) is 3.16. The molecule has 2 atom stereocenters. The molecule has 1 aromatic rings. The number of rotatable bonds is 4. The molecule has 2 rings (SSSR count). The van der Waals surface area contributed by atoms with Crippen LogP contribution in [0.2, 0.25) is 0 Å². The molecule has 2 N–H and O–H groups in total. The summed E-state index contributed by atoms with van der Waals surface area (Å²) < 4.78 is 0. The molecule has 1 heterocycles. The van der Waals surface area contributed by atoms with Crippen LogP contribution < -0.4 is 5.32 Å². The Morgan fingerprint density at radius 1 is 1.60 bits per heavy atom. The van der Waals surface area contributed by atoms with E-state index in [4.69, 9.17) is 0 Å². The first kappa shape index (κ1) is 10.9. The minimum Gasteiger partial charge on any atom is -0.387 e. The highest BCUT2D eigenvalue weighted by Gasteiger charge is 2.11. The van der Waals surface area contributed by atoms with Crippen molar-refractivity contribution >= 4 is 11.3 Å². The normalized spacial score (nSPS) is 22.9. The quantitative estimate of drug-likeness (QED) is 0.769. The smallest absolute Gasteiger partial charge is 0.0922 e. The highest BCUT2D eigenvalue weighted by atomic mass is 32.1. The molecule has 2 nitrogen and oxygen atoms in total. The number of aliphatic hydroxyl groups excluding tert-OH is 1. The van der Waals surface area contributed by atoms with Crippen molar-refractivity contribution in [1.29, 1.82) is 0 Å². The molecule has 0 aromatic carbocycles. The molecular weight excluding hydrogens is 206 g/mol.